The summed E-state index contributed by atoms with van der Waals surface area (Å²) in [6.07, 6.45) is 0.597. The van der Waals surface area contributed by atoms with E-state index in [-0.39, 0.29) is 25.6 Å². The van der Waals surface area contributed by atoms with E-state index in [2.05, 4.69) is 0 Å². The zero-order valence-corrected chi connectivity index (χ0v) is 12.5. The largest absolute Gasteiger partial charge is 0.504 e. The SMILES string of the molecule is COc1cc(OC)c(O)c(Pc2ccc(F)cc2C=O)c1. The molecule has 1 atom stereocenters. The minimum Gasteiger partial charge on any atom is -0.504 e. The molecule has 0 aliphatic rings. The molecular formula is C15H14FO4P. The van der Waals surface area contributed by atoms with Gasteiger partial charge in [-0.2, -0.15) is 0 Å². The number of hydrogen-bond donors (Lipinski definition) is 1. The maximum Gasteiger partial charge on any atom is 0.165 e. The van der Waals surface area contributed by atoms with Gasteiger partial charge in [-0.15, -0.1) is 0 Å². The molecule has 0 aliphatic heterocycles. The maximum absolute atomic E-state index is 13.1. The lowest BCUT2D eigenvalue weighted by atomic mass is 10.2. The summed E-state index contributed by atoms with van der Waals surface area (Å²) in [5.41, 5.74) is 0.259. The molecule has 1 unspecified atom stereocenters. The number of aldehydes is 1. The lowest BCUT2D eigenvalue weighted by Gasteiger charge is -2.12. The number of halogens is 1. The minimum atomic E-state index is -0.474. The molecule has 0 aliphatic carbocycles. The van der Waals surface area contributed by atoms with E-state index in [9.17, 15) is 14.3 Å². The van der Waals surface area contributed by atoms with Gasteiger partial charge in [0.05, 0.1) is 14.2 Å². The van der Waals surface area contributed by atoms with E-state index in [1.54, 1.807) is 12.1 Å². The summed E-state index contributed by atoms with van der Waals surface area (Å²) in [6, 6.07) is 7.21. The fourth-order valence-corrected chi connectivity index (χ4v) is 3.03. The normalized spacial score (nSPS) is 10.8. The highest BCUT2D eigenvalue weighted by Crippen LogP contribution is 2.33. The van der Waals surface area contributed by atoms with Crippen LogP contribution in [0.15, 0.2) is 30.3 Å². The van der Waals surface area contributed by atoms with Crippen LogP contribution in [0.5, 0.6) is 17.2 Å². The maximum atomic E-state index is 13.1. The second kappa shape index (κ2) is 6.55. The molecule has 1 N–H and O–H groups in total. The second-order valence-corrected chi connectivity index (χ2v) is 5.53. The number of phenolic OH excluding ortho intramolecular Hbond substituents is 1. The molecule has 0 bridgehead atoms. The minimum absolute atomic E-state index is 0.0159. The monoisotopic (exact) mass is 308 g/mol. The van der Waals surface area contributed by atoms with Gasteiger partial charge in [-0.3, -0.25) is 4.79 Å². The average Bonchev–Trinajstić information content (AvgIpc) is 2.50. The number of carbonyl (C=O) groups excluding carboxylic acids is 1. The van der Waals surface area contributed by atoms with Crippen molar-refractivity contribution >= 4 is 25.5 Å². The molecule has 110 valence electrons. The molecule has 2 aromatic carbocycles. The van der Waals surface area contributed by atoms with Crippen molar-refractivity contribution in [1.29, 1.82) is 0 Å². The summed E-state index contributed by atoms with van der Waals surface area (Å²) in [4.78, 5) is 11.0. The summed E-state index contributed by atoms with van der Waals surface area (Å²) >= 11 is 0. The molecular weight excluding hydrogens is 294 g/mol. The van der Waals surface area contributed by atoms with E-state index in [4.69, 9.17) is 9.47 Å². The lowest BCUT2D eigenvalue weighted by Crippen LogP contribution is -2.10. The van der Waals surface area contributed by atoms with Gasteiger partial charge in [-0.1, -0.05) is 14.6 Å². The fraction of sp³-hybridized carbons (Fsp3) is 0.133. The molecule has 2 rings (SSSR count). The molecule has 4 nitrogen and oxygen atoms in total. The molecule has 0 saturated carbocycles. The first-order valence-corrected chi connectivity index (χ1v) is 7.05. The zero-order valence-electron chi connectivity index (χ0n) is 11.5. The third-order valence-electron chi connectivity index (χ3n) is 2.91. The quantitative estimate of drug-likeness (QED) is 0.678. The van der Waals surface area contributed by atoms with Crippen LogP contribution in [0, 0.1) is 5.82 Å². The van der Waals surface area contributed by atoms with Crippen molar-refractivity contribution in [1.82, 2.24) is 0 Å². The molecule has 0 saturated heterocycles. The van der Waals surface area contributed by atoms with Crippen LogP contribution in [0.4, 0.5) is 4.39 Å². The summed E-state index contributed by atoms with van der Waals surface area (Å²) in [7, 11) is 2.92. The first kappa shape index (κ1) is 15.3. The Morgan fingerprint density at radius 3 is 2.52 bits per heavy atom. The Bertz CT molecular complexity index is 673. The summed E-state index contributed by atoms with van der Waals surface area (Å²) < 4.78 is 23.4. The highest BCUT2D eigenvalue weighted by atomic mass is 31.1. The van der Waals surface area contributed by atoms with E-state index in [0.717, 1.165) is 0 Å². The van der Waals surface area contributed by atoms with Gasteiger partial charge in [0, 0.05) is 16.9 Å². The first-order chi connectivity index (χ1) is 10.1. The highest BCUT2D eigenvalue weighted by molar-refractivity contribution is 7.56. The van der Waals surface area contributed by atoms with Crippen molar-refractivity contribution in [2.75, 3.05) is 14.2 Å². The Balaban J connectivity index is 2.46. The van der Waals surface area contributed by atoms with Gasteiger partial charge in [0.1, 0.15) is 11.6 Å². The van der Waals surface area contributed by atoms with Crippen molar-refractivity contribution in [3.8, 4) is 17.2 Å². The molecule has 0 fully saturated rings. The van der Waals surface area contributed by atoms with Crippen molar-refractivity contribution in [2.24, 2.45) is 0 Å². The summed E-state index contributed by atoms with van der Waals surface area (Å²) in [5.74, 6) is 0.324. The van der Waals surface area contributed by atoms with E-state index in [0.29, 0.717) is 22.6 Å². The third-order valence-corrected chi connectivity index (χ3v) is 4.29. The van der Waals surface area contributed by atoms with Crippen LogP contribution < -0.4 is 20.1 Å². The van der Waals surface area contributed by atoms with Crippen molar-refractivity contribution in [3.05, 3.63) is 41.7 Å². The van der Waals surface area contributed by atoms with E-state index < -0.39 is 5.82 Å². The highest BCUT2D eigenvalue weighted by Gasteiger charge is 2.13. The Hall–Kier alpha value is -2.13. The van der Waals surface area contributed by atoms with Crippen molar-refractivity contribution in [3.63, 3.8) is 0 Å². The lowest BCUT2D eigenvalue weighted by molar-refractivity contribution is 0.112. The van der Waals surface area contributed by atoms with Crippen LogP contribution in [0.25, 0.3) is 0 Å². The zero-order chi connectivity index (χ0) is 15.4. The van der Waals surface area contributed by atoms with Crippen LogP contribution in [0.3, 0.4) is 0 Å². The number of aromatic hydroxyl groups is 1. The van der Waals surface area contributed by atoms with Gasteiger partial charge in [-0.25, -0.2) is 4.39 Å². The van der Waals surface area contributed by atoms with Gasteiger partial charge in [-0.05, 0) is 23.5 Å². The smallest absolute Gasteiger partial charge is 0.165 e. The molecule has 0 spiro atoms. The fourth-order valence-electron chi connectivity index (χ4n) is 1.84. The van der Waals surface area contributed by atoms with E-state index >= 15 is 0 Å². The molecule has 21 heavy (non-hydrogen) atoms. The van der Waals surface area contributed by atoms with Crippen LogP contribution in [-0.4, -0.2) is 25.6 Å². The number of carbonyl (C=O) groups is 1. The topological polar surface area (TPSA) is 55.8 Å². The molecule has 0 aromatic heterocycles. The van der Waals surface area contributed by atoms with Gasteiger partial charge in [0.2, 0.25) is 0 Å². The molecule has 0 amide bonds. The number of rotatable bonds is 5. The van der Waals surface area contributed by atoms with Crippen LogP contribution in [0.2, 0.25) is 0 Å². The van der Waals surface area contributed by atoms with E-state index in [1.165, 1.54) is 32.4 Å². The molecule has 0 radical (unpaired) electrons. The molecule has 2 aromatic rings. The van der Waals surface area contributed by atoms with Crippen LogP contribution >= 0.6 is 8.58 Å². The van der Waals surface area contributed by atoms with E-state index in [1.807, 2.05) is 0 Å². The first-order valence-electron chi connectivity index (χ1n) is 6.05. The second-order valence-electron chi connectivity index (χ2n) is 4.20. The van der Waals surface area contributed by atoms with Crippen LogP contribution in [0.1, 0.15) is 10.4 Å². The number of hydrogen-bond acceptors (Lipinski definition) is 4. The third kappa shape index (κ3) is 3.31. The predicted molar refractivity (Wildman–Crippen MR) is 80.6 cm³/mol. The Kier molecular flexibility index (Phi) is 4.76. The standard InChI is InChI=1S/C15H14FO4P/c1-19-11-6-12(20-2)15(18)14(7-11)21-13-4-3-10(16)5-9(13)8-17/h3-8,18,21H,1-2H3. The van der Waals surface area contributed by atoms with Crippen molar-refractivity contribution < 1.29 is 23.8 Å². The van der Waals surface area contributed by atoms with Gasteiger partial charge < -0.3 is 14.6 Å². The van der Waals surface area contributed by atoms with Gasteiger partial charge in [0.15, 0.2) is 17.8 Å². The number of methoxy groups -OCH3 is 2. The predicted octanol–water partition coefficient (Wildman–Crippen LogP) is 1.99. The Labute approximate surface area is 123 Å². The van der Waals surface area contributed by atoms with Gasteiger partial charge in [0.25, 0.3) is 0 Å². The Morgan fingerprint density at radius 1 is 1.14 bits per heavy atom. The Morgan fingerprint density at radius 2 is 1.90 bits per heavy atom. The molecule has 0 heterocycles. The average molecular weight is 308 g/mol. The van der Waals surface area contributed by atoms with Crippen molar-refractivity contribution in [2.45, 2.75) is 0 Å². The summed E-state index contributed by atoms with van der Waals surface area (Å²) in [6.45, 7) is 0. The van der Waals surface area contributed by atoms with Gasteiger partial charge >= 0.3 is 0 Å². The number of phenols is 1. The van der Waals surface area contributed by atoms with Crippen LogP contribution in [-0.2, 0) is 0 Å². The molecule has 6 heteroatoms. The number of benzene rings is 2. The number of ether oxygens (including phenoxy) is 2. The summed E-state index contributed by atoms with van der Waals surface area (Å²) in [5, 5.41) is 11.3.